The van der Waals surface area contributed by atoms with Crippen molar-refractivity contribution in [2.75, 3.05) is 26.7 Å². The Hall–Kier alpha value is -2.34. The van der Waals surface area contributed by atoms with Crippen molar-refractivity contribution in [1.29, 1.82) is 0 Å². The van der Waals surface area contributed by atoms with Crippen molar-refractivity contribution < 1.29 is 9.53 Å². The summed E-state index contributed by atoms with van der Waals surface area (Å²) in [5.41, 5.74) is 4.56. The van der Waals surface area contributed by atoms with E-state index >= 15 is 0 Å². The third-order valence-corrected chi connectivity index (χ3v) is 7.17. The number of fused-ring (bicyclic) bond motifs is 1. The number of hydrogen-bond acceptors (Lipinski definition) is 4. The fraction of sp³-hybridized carbons (Fsp3) is 0.630. The largest absolute Gasteiger partial charge is 0.494 e. The summed E-state index contributed by atoms with van der Waals surface area (Å²) in [6.45, 7) is 10.9. The molecule has 0 bridgehead atoms. The molecule has 0 N–H and O–H groups in total. The SMILES string of the molecule is CCN1CCc2c(c(CN(CC(C)C)C(=O)C3CCCCC3)nn2-c2ccccc2OC)C1. The van der Waals surface area contributed by atoms with Crippen molar-refractivity contribution in [1.82, 2.24) is 19.6 Å². The van der Waals surface area contributed by atoms with Crippen LogP contribution in [0, 0.1) is 11.8 Å². The van der Waals surface area contributed by atoms with Crippen LogP contribution in [0.3, 0.4) is 0 Å². The van der Waals surface area contributed by atoms with Crippen LogP contribution in [0.15, 0.2) is 24.3 Å². The third kappa shape index (κ3) is 5.26. The summed E-state index contributed by atoms with van der Waals surface area (Å²) in [7, 11) is 1.71. The number of methoxy groups -OCH3 is 1. The minimum atomic E-state index is 0.178. The topological polar surface area (TPSA) is 50.6 Å². The molecule has 6 nitrogen and oxygen atoms in total. The van der Waals surface area contributed by atoms with Gasteiger partial charge in [-0.3, -0.25) is 9.69 Å². The maximum absolute atomic E-state index is 13.6. The van der Waals surface area contributed by atoms with Crippen LogP contribution in [0.2, 0.25) is 0 Å². The number of para-hydroxylation sites is 2. The Morgan fingerprint density at radius 2 is 1.97 bits per heavy atom. The number of amides is 1. The predicted molar refractivity (Wildman–Crippen MR) is 132 cm³/mol. The molecule has 1 aromatic heterocycles. The molecule has 1 fully saturated rings. The molecule has 1 aliphatic heterocycles. The molecule has 0 atom stereocenters. The van der Waals surface area contributed by atoms with Gasteiger partial charge in [-0.2, -0.15) is 5.10 Å². The second-order valence-corrected chi connectivity index (χ2v) is 10.0. The van der Waals surface area contributed by atoms with Gasteiger partial charge < -0.3 is 9.64 Å². The Morgan fingerprint density at radius 3 is 2.67 bits per heavy atom. The smallest absolute Gasteiger partial charge is 0.226 e. The zero-order valence-electron chi connectivity index (χ0n) is 20.8. The molecule has 1 aliphatic carbocycles. The first-order chi connectivity index (χ1) is 16.0. The van der Waals surface area contributed by atoms with Crippen LogP contribution in [-0.4, -0.2) is 52.2 Å². The lowest BCUT2D eigenvalue weighted by Gasteiger charge is -2.31. The maximum Gasteiger partial charge on any atom is 0.226 e. The van der Waals surface area contributed by atoms with Gasteiger partial charge in [0, 0.05) is 37.5 Å². The minimum absolute atomic E-state index is 0.178. The van der Waals surface area contributed by atoms with E-state index in [1.807, 2.05) is 18.2 Å². The van der Waals surface area contributed by atoms with E-state index in [1.54, 1.807) is 7.11 Å². The molecule has 1 amide bonds. The highest BCUT2D eigenvalue weighted by Gasteiger charge is 2.30. The molecule has 0 spiro atoms. The number of rotatable bonds is 8. The number of benzene rings is 1. The van der Waals surface area contributed by atoms with E-state index in [0.29, 0.717) is 18.4 Å². The lowest BCUT2D eigenvalue weighted by atomic mass is 9.88. The zero-order chi connectivity index (χ0) is 23.4. The second kappa shape index (κ2) is 10.7. The lowest BCUT2D eigenvalue weighted by molar-refractivity contribution is -0.137. The average Bonchev–Trinajstić information content (AvgIpc) is 3.20. The fourth-order valence-electron chi connectivity index (χ4n) is 5.40. The number of likely N-dealkylation sites (N-methyl/N-ethyl adjacent to an activating group) is 1. The van der Waals surface area contributed by atoms with Crippen LogP contribution >= 0.6 is 0 Å². The van der Waals surface area contributed by atoms with Gasteiger partial charge in [-0.25, -0.2) is 4.68 Å². The van der Waals surface area contributed by atoms with Gasteiger partial charge in [0.1, 0.15) is 11.4 Å². The summed E-state index contributed by atoms with van der Waals surface area (Å²) < 4.78 is 7.74. The van der Waals surface area contributed by atoms with Crippen LogP contribution in [-0.2, 0) is 24.3 Å². The highest BCUT2D eigenvalue weighted by atomic mass is 16.5. The van der Waals surface area contributed by atoms with Gasteiger partial charge in [0.2, 0.25) is 5.91 Å². The Balaban J connectivity index is 1.70. The maximum atomic E-state index is 13.6. The lowest BCUT2D eigenvalue weighted by Crippen LogP contribution is -2.39. The van der Waals surface area contributed by atoms with Gasteiger partial charge in [0.25, 0.3) is 0 Å². The number of hydrogen-bond donors (Lipinski definition) is 0. The van der Waals surface area contributed by atoms with Gasteiger partial charge >= 0.3 is 0 Å². The molecule has 2 heterocycles. The summed E-state index contributed by atoms with van der Waals surface area (Å²) in [6.07, 6.45) is 6.63. The van der Waals surface area contributed by atoms with E-state index < -0.39 is 0 Å². The van der Waals surface area contributed by atoms with Crippen molar-refractivity contribution in [3.05, 3.63) is 41.2 Å². The summed E-state index contributed by atoms with van der Waals surface area (Å²) in [6, 6.07) is 8.08. The molecule has 2 aliphatic rings. The van der Waals surface area contributed by atoms with E-state index in [0.717, 1.165) is 62.6 Å². The van der Waals surface area contributed by atoms with E-state index in [9.17, 15) is 4.79 Å². The molecule has 2 aromatic rings. The van der Waals surface area contributed by atoms with Crippen LogP contribution < -0.4 is 4.74 Å². The Labute approximate surface area is 198 Å². The van der Waals surface area contributed by atoms with Gasteiger partial charge in [-0.1, -0.05) is 52.2 Å². The van der Waals surface area contributed by atoms with Gasteiger partial charge in [0.15, 0.2) is 0 Å². The van der Waals surface area contributed by atoms with E-state index in [4.69, 9.17) is 9.84 Å². The number of nitrogens with zero attached hydrogens (tertiary/aromatic N) is 4. The first-order valence-electron chi connectivity index (χ1n) is 12.8. The number of aromatic nitrogens is 2. The Kier molecular flexibility index (Phi) is 7.74. The molecule has 1 saturated carbocycles. The molecule has 180 valence electrons. The first-order valence-corrected chi connectivity index (χ1v) is 12.8. The molecule has 6 heteroatoms. The van der Waals surface area contributed by atoms with E-state index in [2.05, 4.69) is 41.3 Å². The molecular weight excluding hydrogens is 412 g/mol. The van der Waals surface area contributed by atoms with Crippen LogP contribution in [0.1, 0.15) is 69.8 Å². The summed E-state index contributed by atoms with van der Waals surface area (Å²) in [5, 5.41) is 5.13. The normalized spacial score (nSPS) is 17.2. The molecule has 1 aromatic carbocycles. The third-order valence-electron chi connectivity index (χ3n) is 7.17. The Bertz CT molecular complexity index is 946. The van der Waals surface area contributed by atoms with E-state index in [1.165, 1.54) is 30.5 Å². The molecule has 33 heavy (non-hydrogen) atoms. The first kappa shape index (κ1) is 23.8. The fourth-order valence-corrected chi connectivity index (χ4v) is 5.40. The highest BCUT2D eigenvalue weighted by molar-refractivity contribution is 5.79. The molecule has 0 radical (unpaired) electrons. The molecule has 4 rings (SSSR count). The van der Waals surface area contributed by atoms with Crippen molar-refractivity contribution in [3.8, 4) is 11.4 Å². The standard InChI is InChI=1S/C27H40N4O2/c1-5-29-16-15-24-22(18-29)23(28-31(24)25-13-9-10-14-26(25)33-4)19-30(17-20(2)3)27(32)21-11-7-6-8-12-21/h9-10,13-14,20-21H,5-8,11-12,15-19H2,1-4H3. The van der Waals surface area contributed by atoms with Crippen LogP contribution in [0.5, 0.6) is 5.75 Å². The number of carbonyl (C=O) groups is 1. The van der Waals surface area contributed by atoms with Crippen molar-refractivity contribution in [2.24, 2.45) is 11.8 Å². The van der Waals surface area contributed by atoms with Crippen LogP contribution in [0.25, 0.3) is 5.69 Å². The molecular formula is C27H40N4O2. The van der Waals surface area contributed by atoms with Crippen LogP contribution in [0.4, 0.5) is 0 Å². The summed E-state index contributed by atoms with van der Waals surface area (Å²) in [4.78, 5) is 18.1. The van der Waals surface area contributed by atoms with Crippen molar-refractivity contribution in [3.63, 3.8) is 0 Å². The monoisotopic (exact) mass is 452 g/mol. The summed E-state index contributed by atoms with van der Waals surface area (Å²) in [5.74, 6) is 1.75. The molecule has 0 saturated heterocycles. The molecule has 0 unspecified atom stereocenters. The Morgan fingerprint density at radius 1 is 1.21 bits per heavy atom. The number of ether oxygens (including phenoxy) is 1. The number of carbonyl (C=O) groups excluding carboxylic acids is 1. The zero-order valence-corrected chi connectivity index (χ0v) is 20.8. The summed E-state index contributed by atoms with van der Waals surface area (Å²) >= 11 is 0. The highest BCUT2D eigenvalue weighted by Crippen LogP contribution is 2.31. The second-order valence-electron chi connectivity index (χ2n) is 10.0. The van der Waals surface area contributed by atoms with Crippen molar-refractivity contribution >= 4 is 5.91 Å². The average molecular weight is 453 g/mol. The predicted octanol–water partition coefficient (Wildman–Crippen LogP) is 4.82. The van der Waals surface area contributed by atoms with Gasteiger partial charge in [-0.15, -0.1) is 0 Å². The van der Waals surface area contributed by atoms with Crippen molar-refractivity contribution in [2.45, 2.75) is 72.4 Å². The van der Waals surface area contributed by atoms with Gasteiger partial charge in [0.05, 0.1) is 25.0 Å². The van der Waals surface area contributed by atoms with Gasteiger partial charge in [-0.05, 0) is 37.4 Å². The quantitative estimate of drug-likeness (QED) is 0.576. The van der Waals surface area contributed by atoms with E-state index in [-0.39, 0.29) is 5.92 Å². The minimum Gasteiger partial charge on any atom is -0.494 e.